The Kier molecular flexibility index (Phi) is 8.43. The van der Waals surface area contributed by atoms with Crippen LogP contribution >= 0.6 is 0 Å². The zero-order valence-corrected chi connectivity index (χ0v) is 20.8. The van der Waals surface area contributed by atoms with Crippen LogP contribution in [-0.4, -0.2) is 55.9 Å². The third-order valence-corrected chi connectivity index (χ3v) is 7.00. The second kappa shape index (κ2) is 11.5. The summed E-state index contributed by atoms with van der Waals surface area (Å²) >= 11 is 0. The normalized spacial score (nSPS) is 10.9. The number of ether oxygens (including phenoxy) is 4. The van der Waals surface area contributed by atoms with Gasteiger partial charge in [-0.25, -0.2) is 8.42 Å². The molecule has 3 rings (SSSR count). The van der Waals surface area contributed by atoms with Gasteiger partial charge >= 0.3 is 0 Å². The summed E-state index contributed by atoms with van der Waals surface area (Å²) in [4.78, 5) is 12.5. The maximum absolute atomic E-state index is 13.1. The van der Waals surface area contributed by atoms with Crippen LogP contribution in [0.2, 0.25) is 0 Å². The fourth-order valence-electron chi connectivity index (χ4n) is 3.26. The van der Waals surface area contributed by atoms with E-state index in [2.05, 4.69) is 5.32 Å². The number of carbonyl (C=O) groups is 1. The van der Waals surface area contributed by atoms with E-state index >= 15 is 0 Å². The summed E-state index contributed by atoms with van der Waals surface area (Å²) in [5.41, 5.74) is 0.791. The average molecular weight is 501 g/mol. The minimum Gasteiger partial charge on any atom is -0.493 e. The van der Waals surface area contributed by atoms with E-state index < -0.39 is 10.0 Å². The number of methoxy groups -OCH3 is 3. The van der Waals surface area contributed by atoms with Gasteiger partial charge in [0.1, 0.15) is 6.61 Å². The fourth-order valence-corrected chi connectivity index (χ4v) is 4.47. The molecule has 0 aliphatic rings. The maximum atomic E-state index is 13.1. The predicted molar refractivity (Wildman–Crippen MR) is 132 cm³/mol. The van der Waals surface area contributed by atoms with E-state index in [1.807, 2.05) is 12.1 Å². The monoisotopic (exact) mass is 500 g/mol. The van der Waals surface area contributed by atoms with Crippen LogP contribution < -0.4 is 28.6 Å². The molecule has 0 saturated heterocycles. The highest BCUT2D eigenvalue weighted by molar-refractivity contribution is 7.92. The molecule has 0 bridgehead atoms. The van der Waals surface area contributed by atoms with Gasteiger partial charge in [-0.1, -0.05) is 12.1 Å². The molecule has 35 heavy (non-hydrogen) atoms. The third kappa shape index (κ3) is 5.96. The Labute approximate surface area is 205 Å². The molecule has 0 radical (unpaired) electrons. The molecule has 10 heteroatoms. The molecule has 0 saturated carbocycles. The molecule has 0 heterocycles. The van der Waals surface area contributed by atoms with Crippen molar-refractivity contribution in [3.05, 3.63) is 72.3 Å². The zero-order valence-electron chi connectivity index (χ0n) is 20.0. The molecule has 0 aromatic heterocycles. The molecule has 0 atom stereocenters. The molecule has 1 N–H and O–H groups in total. The van der Waals surface area contributed by atoms with Gasteiger partial charge in [0.05, 0.1) is 38.5 Å². The van der Waals surface area contributed by atoms with Crippen LogP contribution in [0, 0.1) is 0 Å². The van der Waals surface area contributed by atoms with Gasteiger partial charge in [-0.15, -0.1) is 0 Å². The van der Waals surface area contributed by atoms with E-state index in [-0.39, 0.29) is 24.0 Å². The second-order valence-corrected chi connectivity index (χ2v) is 9.26. The van der Waals surface area contributed by atoms with Crippen molar-refractivity contribution in [2.45, 2.75) is 4.90 Å². The number of nitrogens with one attached hydrogen (secondary N) is 1. The molecule has 0 spiro atoms. The Morgan fingerprint density at radius 1 is 0.829 bits per heavy atom. The Hall–Kier alpha value is -3.92. The molecular weight excluding hydrogens is 472 g/mol. The molecular formula is C25H28N2O7S. The summed E-state index contributed by atoms with van der Waals surface area (Å²) in [5.74, 6) is 1.64. The summed E-state index contributed by atoms with van der Waals surface area (Å²) < 4.78 is 48.6. The van der Waals surface area contributed by atoms with E-state index in [4.69, 9.17) is 18.9 Å². The SMILES string of the molecule is COc1ccc(S(=O)(=O)N(C)c2ccc(C(=O)NCCOc3ccccc3OC)cc2)cc1OC. The van der Waals surface area contributed by atoms with Crippen molar-refractivity contribution in [2.24, 2.45) is 0 Å². The lowest BCUT2D eigenvalue weighted by atomic mass is 10.2. The molecule has 3 aromatic rings. The number of benzene rings is 3. The minimum absolute atomic E-state index is 0.0505. The van der Waals surface area contributed by atoms with Crippen LogP contribution in [0.25, 0.3) is 0 Å². The van der Waals surface area contributed by atoms with Crippen LogP contribution in [0.3, 0.4) is 0 Å². The summed E-state index contributed by atoms with van der Waals surface area (Å²) in [6.45, 7) is 0.544. The average Bonchev–Trinajstić information content (AvgIpc) is 2.90. The Balaban J connectivity index is 1.61. The minimum atomic E-state index is -3.86. The van der Waals surface area contributed by atoms with Crippen molar-refractivity contribution in [1.82, 2.24) is 5.32 Å². The van der Waals surface area contributed by atoms with Crippen molar-refractivity contribution in [1.29, 1.82) is 0 Å². The second-order valence-electron chi connectivity index (χ2n) is 7.29. The first-order valence-electron chi connectivity index (χ1n) is 10.7. The highest BCUT2D eigenvalue weighted by Crippen LogP contribution is 2.31. The lowest BCUT2D eigenvalue weighted by Gasteiger charge is -2.20. The standard InChI is InChI=1S/C25H28N2O7S/c1-27(35(29,30)20-13-14-22(32-3)24(17-20)33-4)19-11-9-18(10-12-19)25(28)26-15-16-34-23-8-6-5-7-21(23)31-2/h5-14,17H,15-16H2,1-4H3,(H,26,28). The number of hydrogen-bond donors (Lipinski definition) is 1. The molecule has 1 amide bonds. The van der Waals surface area contributed by atoms with Crippen LogP contribution in [0.4, 0.5) is 5.69 Å². The smallest absolute Gasteiger partial charge is 0.264 e. The van der Waals surface area contributed by atoms with Crippen LogP contribution in [0.1, 0.15) is 10.4 Å². The quantitative estimate of drug-likeness (QED) is 0.403. The van der Waals surface area contributed by atoms with Gasteiger partial charge in [0, 0.05) is 18.7 Å². The molecule has 0 unspecified atom stereocenters. The number of rotatable bonds is 11. The number of hydrogen-bond acceptors (Lipinski definition) is 7. The van der Waals surface area contributed by atoms with Gasteiger partial charge < -0.3 is 24.3 Å². The Bertz CT molecular complexity index is 1260. The van der Waals surface area contributed by atoms with Gasteiger partial charge in [-0.05, 0) is 48.5 Å². The lowest BCUT2D eigenvalue weighted by molar-refractivity contribution is 0.0947. The number of amides is 1. The summed E-state index contributed by atoms with van der Waals surface area (Å²) in [6, 6.07) is 17.9. The molecule has 0 aliphatic heterocycles. The van der Waals surface area contributed by atoms with Crippen molar-refractivity contribution in [2.75, 3.05) is 45.8 Å². The fraction of sp³-hybridized carbons (Fsp3) is 0.240. The van der Waals surface area contributed by atoms with E-state index in [9.17, 15) is 13.2 Å². The van der Waals surface area contributed by atoms with E-state index in [0.29, 0.717) is 34.2 Å². The van der Waals surface area contributed by atoms with Crippen molar-refractivity contribution >= 4 is 21.6 Å². The number of anilines is 1. The third-order valence-electron chi connectivity index (χ3n) is 5.22. The van der Waals surface area contributed by atoms with Crippen LogP contribution in [0.15, 0.2) is 71.6 Å². The molecule has 9 nitrogen and oxygen atoms in total. The molecule has 186 valence electrons. The highest BCUT2D eigenvalue weighted by atomic mass is 32.2. The van der Waals surface area contributed by atoms with Crippen LogP contribution in [0.5, 0.6) is 23.0 Å². The van der Waals surface area contributed by atoms with Gasteiger partial charge in [-0.3, -0.25) is 9.10 Å². The van der Waals surface area contributed by atoms with Crippen LogP contribution in [-0.2, 0) is 10.0 Å². The van der Waals surface area contributed by atoms with Crippen molar-refractivity contribution in [3.8, 4) is 23.0 Å². The molecule has 0 fully saturated rings. The lowest BCUT2D eigenvalue weighted by Crippen LogP contribution is -2.28. The first kappa shape index (κ1) is 25.7. The summed E-state index contributed by atoms with van der Waals surface area (Å²) in [6.07, 6.45) is 0. The number of nitrogens with zero attached hydrogens (tertiary/aromatic N) is 1. The first-order chi connectivity index (χ1) is 16.8. The number of para-hydroxylation sites is 2. The van der Waals surface area contributed by atoms with Crippen molar-refractivity contribution < 1.29 is 32.2 Å². The largest absolute Gasteiger partial charge is 0.493 e. The number of sulfonamides is 1. The zero-order chi connectivity index (χ0) is 25.4. The topological polar surface area (TPSA) is 103 Å². The summed E-state index contributed by atoms with van der Waals surface area (Å²) in [7, 11) is 2.05. The summed E-state index contributed by atoms with van der Waals surface area (Å²) in [5, 5.41) is 2.77. The van der Waals surface area contributed by atoms with Crippen molar-refractivity contribution in [3.63, 3.8) is 0 Å². The predicted octanol–water partition coefficient (Wildman–Crippen LogP) is 3.35. The highest BCUT2D eigenvalue weighted by Gasteiger charge is 2.23. The van der Waals surface area contributed by atoms with Gasteiger partial charge in [0.25, 0.3) is 15.9 Å². The number of carbonyl (C=O) groups excluding carboxylic acids is 1. The Morgan fingerprint density at radius 3 is 2.06 bits per heavy atom. The van der Waals surface area contributed by atoms with Gasteiger partial charge in [0.2, 0.25) is 0 Å². The maximum Gasteiger partial charge on any atom is 0.264 e. The molecule has 0 aliphatic carbocycles. The van der Waals surface area contributed by atoms with E-state index in [0.717, 1.165) is 4.31 Å². The van der Waals surface area contributed by atoms with Gasteiger partial charge in [0.15, 0.2) is 23.0 Å². The van der Waals surface area contributed by atoms with Gasteiger partial charge in [-0.2, -0.15) is 0 Å². The Morgan fingerprint density at radius 2 is 1.43 bits per heavy atom. The van der Waals surface area contributed by atoms with E-state index in [1.54, 1.807) is 43.5 Å². The van der Waals surface area contributed by atoms with E-state index in [1.165, 1.54) is 39.5 Å². The first-order valence-corrected chi connectivity index (χ1v) is 12.1. The molecule has 3 aromatic carbocycles.